The minimum absolute atomic E-state index is 0.171. The minimum Gasteiger partial charge on any atom is -0.494 e. The number of ether oxygens (including phenoxy) is 1. The molecule has 0 N–H and O–H groups in total. The summed E-state index contributed by atoms with van der Waals surface area (Å²) in [6.45, 7) is 4.01. The van der Waals surface area contributed by atoms with Gasteiger partial charge in [-0.05, 0) is 50.5 Å². The summed E-state index contributed by atoms with van der Waals surface area (Å²) in [5, 5.41) is 0. The first-order valence-corrected chi connectivity index (χ1v) is 8.79. The Morgan fingerprint density at radius 1 is 1.36 bits per heavy atom. The molecule has 6 heteroatoms. The van der Waals surface area contributed by atoms with Crippen LogP contribution in [0.15, 0.2) is 36.7 Å². The van der Waals surface area contributed by atoms with Gasteiger partial charge in [-0.2, -0.15) is 0 Å². The number of aryl methyl sites for hydroxylation is 1. The standard InChI is InChI=1S/C19H24FN3O2/c1-15-21-10-12-23(15)17-4-2-11-22(14-17)19(24)5-3-13-25-18-8-6-16(20)7-9-18/h6-10,12,17H,2-5,11,13-14H2,1H3/t17-/m0/s1. The summed E-state index contributed by atoms with van der Waals surface area (Å²) in [6, 6.07) is 6.24. The molecule has 0 bridgehead atoms. The Hall–Kier alpha value is -2.37. The number of rotatable bonds is 6. The van der Waals surface area contributed by atoms with Gasteiger partial charge in [-0.25, -0.2) is 9.37 Å². The van der Waals surface area contributed by atoms with Gasteiger partial charge in [-0.15, -0.1) is 0 Å². The number of carbonyl (C=O) groups excluding carboxylic acids is 1. The number of nitrogens with zero attached hydrogens (tertiary/aromatic N) is 3. The fourth-order valence-electron chi connectivity index (χ4n) is 3.28. The quantitative estimate of drug-likeness (QED) is 0.754. The number of amides is 1. The van der Waals surface area contributed by atoms with Gasteiger partial charge in [-0.3, -0.25) is 4.79 Å². The van der Waals surface area contributed by atoms with Crippen LogP contribution >= 0.6 is 0 Å². The predicted octanol–water partition coefficient (Wildman–Crippen LogP) is 3.35. The van der Waals surface area contributed by atoms with Crippen LogP contribution in [0.3, 0.4) is 0 Å². The predicted molar refractivity (Wildman–Crippen MR) is 92.9 cm³/mol. The van der Waals surface area contributed by atoms with Crippen molar-refractivity contribution in [2.45, 2.75) is 38.6 Å². The molecule has 2 aromatic rings. The average Bonchev–Trinajstić information content (AvgIpc) is 3.06. The van der Waals surface area contributed by atoms with E-state index in [4.69, 9.17) is 4.74 Å². The van der Waals surface area contributed by atoms with Crippen LogP contribution in [0.2, 0.25) is 0 Å². The zero-order chi connectivity index (χ0) is 17.6. The molecule has 1 aliphatic heterocycles. The smallest absolute Gasteiger partial charge is 0.222 e. The molecule has 2 heterocycles. The molecule has 1 aliphatic rings. The molecule has 0 unspecified atom stereocenters. The topological polar surface area (TPSA) is 47.4 Å². The van der Waals surface area contributed by atoms with Gasteiger partial charge in [0.15, 0.2) is 0 Å². The van der Waals surface area contributed by atoms with Gasteiger partial charge in [0.25, 0.3) is 0 Å². The summed E-state index contributed by atoms with van der Waals surface area (Å²) >= 11 is 0. The van der Waals surface area contributed by atoms with E-state index < -0.39 is 0 Å². The van der Waals surface area contributed by atoms with E-state index in [-0.39, 0.29) is 11.7 Å². The molecular weight excluding hydrogens is 321 g/mol. The van der Waals surface area contributed by atoms with Crippen molar-refractivity contribution < 1.29 is 13.9 Å². The largest absolute Gasteiger partial charge is 0.494 e. The number of benzene rings is 1. The molecule has 1 aromatic heterocycles. The van der Waals surface area contributed by atoms with Gasteiger partial charge in [0.2, 0.25) is 5.91 Å². The van der Waals surface area contributed by atoms with Crippen LogP contribution in [-0.4, -0.2) is 40.1 Å². The molecule has 0 radical (unpaired) electrons. The van der Waals surface area contributed by atoms with E-state index in [1.807, 2.05) is 24.2 Å². The monoisotopic (exact) mass is 345 g/mol. The van der Waals surface area contributed by atoms with Crippen LogP contribution in [-0.2, 0) is 4.79 Å². The second kappa shape index (κ2) is 8.14. The molecule has 1 aromatic carbocycles. The molecule has 1 fully saturated rings. The summed E-state index contributed by atoms with van der Waals surface area (Å²) in [5.74, 6) is 1.51. The van der Waals surface area contributed by atoms with Gasteiger partial charge in [0.05, 0.1) is 12.6 Å². The van der Waals surface area contributed by atoms with Crippen molar-refractivity contribution in [2.24, 2.45) is 0 Å². The maximum absolute atomic E-state index is 12.8. The number of halogens is 1. The van der Waals surface area contributed by atoms with Crippen molar-refractivity contribution in [3.63, 3.8) is 0 Å². The van der Waals surface area contributed by atoms with E-state index in [1.54, 1.807) is 12.1 Å². The van der Waals surface area contributed by atoms with Crippen molar-refractivity contribution in [3.8, 4) is 5.75 Å². The highest BCUT2D eigenvalue weighted by Gasteiger charge is 2.24. The van der Waals surface area contributed by atoms with Crippen LogP contribution in [0, 0.1) is 12.7 Å². The Balaban J connectivity index is 1.43. The number of imidazole rings is 1. The summed E-state index contributed by atoms with van der Waals surface area (Å²) in [5.41, 5.74) is 0. The number of hydrogen-bond donors (Lipinski definition) is 0. The molecule has 1 amide bonds. The van der Waals surface area contributed by atoms with E-state index in [2.05, 4.69) is 9.55 Å². The van der Waals surface area contributed by atoms with Crippen LogP contribution in [0.4, 0.5) is 4.39 Å². The van der Waals surface area contributed by atoms with Crippen molar-refractivity contribution in [1.29, 1.82) is 0 Å². The number of carbonyl (C=O) groups is 1. The second-order valence-corrected chi connectivity index (χ2v) is 6.42. The molecule has 1 saturated heterocycles. The van der Waals surface area contributed by atoms with E-state index >= 15 is 0 Å². The maximum atomic E-state index is 12.8. The van der Waals surface area contributed by atoms with Gasteiger partial charge >= 0.3 is 0 Å². The molecule has 25 heavy (non-hydrogen) atoms. The highest BCUT2D eigenvalue weighted by Crippen LogP contribution is 2.23. The Kier molecular flexibility index (Phi) is 5.68. The lowest BCUT2D eigenvalue weighted by atomic mass is 10.0. The third-order valence-electron chi connectivity index (χ3n) is 4.62. The fraction of sp³-hybridized carbons (Fsp3) is 0.474. The van der Waals surface area contributed by atoms with Crippen LogP contribution in [0.25, 0.3) is 0 Å². The number of hydrogen-bond acceptors (Lipinski definition) is 3. The Bertz CT molecular complexity index is 699. The molecule has 1 atom stereocenters. The first kappa shape index (κ1) is 17.5. The van der Waals surface area contributed by atoms with Gasteiger partial charge in [0, 0.05) is 31.9 Å². The second-order valence-electron chi connectivity index (χ2n) is 6.42. The Labute approximate surface area is 147 Å². The highest BCUT2D eigenvalue weighted by molar-refractivity contribution is 5.76. The van der Waals surface area contributed by atoms with E-state index in [9.17, 15) is 9.18 Å². The van der Waals surface area contributed by atoms with E-state index in [1.165, 1.54) is 12.1 Å². The normalized spacial score (nSPS) is 17.5. The highest BCUT2D eigenvalue weighted by atomic mass is 19.1. The molecule has 0 saturated carbocycles. The van der Waals surface area contributed by atoms with Gasteiger partial charge in [-0.1, -0.05) is 0 Å². The minimum atomic E-state index is -0.282. The molecule has 3 rings (SSSR count). The fourth-order valence-corrected chi connectivity index (χ4v) is 3.28. The molecule has 0 spiro atoms. The molecular formula is C19H24FN3O2. The van der Waals surface area contributed by atoms with Crippen molar-refractivity contribution in [2.75, 3.05) is 19.7 Å². The van der Waals surface area contributed by atoms with Gasteiger partial charge in [0.1, 0.15) is 17.4 Å². The lowest BCUT2D eigenvalue weighted by Crippen LogP contribution is -2.40. The van der Waals surface area contributed by atoms with E-state index in [0.29, 0.717) is 31.2 Å². The zero-order valence-corrected chi connectivity index (χ0v) is 14.5. The summed E-state index contributed by atoms with van der Waals surface area (Å²) in [4.78, 5) is 18.7. The van der Waals surface area contributed by atoms with Crippen molar-refractivity contribution in [1.82, 2.24) is 14.5 Å². The third-order valence-corrected chi connectivity index (χ3v) is 4.62. The summed E-state index contributed by atoms with van der Waals surface area (Å²) in [6.07, 6.45) is 7.01. The Morgan fingerprint density at radius 2 is 2.16 bits per heavy atom. The number of aromatic nitrogens is 2. The van der Waals surface area contributed by atoms with Crippen LogP contribution in [0.5, 0.6) is 5.75 Å². The maximum Gasteiger partial charge on any atom is 0.222 e. The lowest BCUT2D eigenvalue weighted by molar-refractivity contribution is -0.133. The summed E-state index contributed by atoms with van der Waals surface area (Å²) in [7, 11) is 0. The Morgan fingerprint density at radius 3 is 2.88 bits per heavy atom. The number of piperidine rings is 1. The van der Waals surface area contributed by atoms with E-state index in [0.717, 1.165) is 31.8 Å². The number of likely N-dealkylation sites (tertiary alicyclic amines) is 1. The van der Waals surface area contributed by atoms with Crippen molar-refractivity contribution >= 4 is 5.91 Å². The third kappa shape index (κ3) is 4.59. The first-order chi connectivity index (χ1) is 12.1. The lowest BCUT2D eigenvalue weighted by Gasteiger charge is -2.34. The van der Waals surface area contributed by atoms with Crippen molar-refractivity contribution in [3.05, 3.63) is 48.3 Å². The molecule has 0 aliphatic carbocycles. The van der Waals surface area contributed by atoms with Crippen LogP contribution < -0.4 is 4.74 Å². The SMILES string of the molecule is Cc1nccn1[C@H]1CCCN(C(=O)CCCOc2ccc(F)cc2)C1. The average molecular weight is 345 g/mol. The molecule has 5 nitrogen and oxygen atoms in total. The first-order valence-electron chi connectivity index (χ1n) is 8.79. The van der Waals surface area contributed by atoms with Gasteiger partial charge < -0.3 is 14.2 Å². The zero-order valence-electron chi connectivity index (χ0n) is 14.5. The molecule has 134 valence electrons. The summed E-state index contributed by atoms with van der Waals surface area (Å²) < 4.78 is 20.5. The van der Waals surface area contributed by atoms with Crippen LogP contribution in [0.1, 0.15) is 37.5 Å².